The van der Waals surface area contributed by atoms with Gasteiger partial charge in [0.2, 0.25) is 0 Å². The Labute approximate surface area is 112 Å². The number of urea groups is 1. The van der Waals surface area contributed by atoms with Crippen molar-refractivity contribution < 1.29 is 4.79 Å². The fraction of sp³-hybridized carbons (Fsp3) is 0.615. The summed E-state index contributed by atoms with van der Waals surface area (Å²) in [6.07, 6.45) is 2.31. The van der Waals surface area contributed by atoms with Gasteiger partial charge in [-0.05, 0) is 24.3 Å². The van der Waals surface area contributed by atoms with Crippen LogP contribution in [-0.2, 0) is 6.54 Å². The molecule has 2 fully saturated rings. The van der Waals surface area contributed by atoms with Crippen molar-refractivity contribution in [1.82, 2.24) is 15.1 Å². The van der Waals surface area contributed by atoms with E-state index in [1.165, 1.54) is 4.88 Å². The number of hydrogen-bond acceptors (Lipinski definition) is 3. The summed E-state index contributed by atoms with van der Waals surface area (Å²) in [4.78, 5) is 17.6. The van der Waals surface area contributed by atoms with Crippen molar-refractivity contribution in [2.45, 2.75) is 25.4 Å². The van der Waals surface area contributed by atoms with E-state index in [1.54, 1.807) is 11.3 Å². The Morgan fingerprint density at radius 1 is 1.33 bits per heavy atom. The predicted molar refractivity (Wildman–Crippen MR) is 72.7 cm³/mol. The molecule has 0 spiro atoms. The molecule has 18 heavy (non-hydrogen) atoms. The van der Waals surface area contributed by atoms with Crippen LogP contribution in [0.15, 0.2) is 17.5 Å². The number of carbonyl (C=O) groups excluding carboxylic acids is 1. The molecular weight excluding hydrogens is 246 g/mol. The molecule has 4 nitrogen and oxygen atoms in total. The molecule has 0 unspecified atom stereocenters. The van der Waals surface area contributed by atoms with E-state index in [0.717, 1.165) is 45.6 Å². The van der Waals surface area contributed by atoms with E-state index in [-0.39, 0.29) is 6.03 Å². The fourth-order valence-electron chi connectivity index (χ4n) is 2.23. The molecule has 98 valence electrons. The summed E-state index contributed by atoms with van der Waals surface area (Å²) < 4.78 is 0. The van der Waals surface area contributed by atoms with Crippen molar-refractivity contribution in [3.63, 3.8) is 0 Å². The predicted octanol–water partition coefficient (Wildman–Crippen LogP) is 1.74. The first kappa shape index (κ1) is 12.0. The highest BCUT2D eigenvalue weighted by Gasteiger charge is 2.27. The van der Waals surface area contributed by atoms with Gasteiger partial charge in [0.05, 0.1) is 0 Å². The SMILES string of the molecule is O=C(NC1CC1)N1CCN(Cc2cccs2)CC1. The van der Waals surface area contributed by atoms with Crippen LogP contribution in [0, 0.1) is 0 Å². The molecule has 0 aromatic carbocycles. The second-order valence-electron chi connectivity index (χ2n) is 5.07. The zero-order chi connectivity index (χ0) is 12.4. The quantitative estimate of drug-likeness (QED) is 0.903. The lowest BCUT2D eigenvalue weighted by atomic mass is 10.3. The van der Waals surface area contributed by atoms with Crippen molar-refractivity contribution in [3.05, 3.63) is 22.4 Å². The normalized spacial score (nSPS) is 21.0. The molecule has 2 aliphatic rings. The lowest BCUT2D eigenvalue weighted by Crippen LogP contribution is -2.51. The van der Waals surface area contributed by atoms with Crippen LogP contribution < -0.4 is 5.32 Å². The standard InChI is InChI=1S/C13H19N3OS/c17-13(14-11-3-4-11)16-7-5-15(6-8-16)10-12-2-1-9-18-12/h1-2,9,11H,3-8,10H2,(H,14,17). The number of thiophene rings is 1. The number of nitrogens with zero attached hydrogens (tertiary/aromatic N) is 2. The van der Waals surface area contributed by atoms with Crippen LogP contribution >= 0.6 is 11.3 Å². The minimum Gasteiger partial charge on any atom is -0.335 e. The highest BCUT2D eigenvalue weighted by molar-refractivity contribution is 7.09. The topological polar surface area (TPSA) is 35.6 Å². The summed E-state index contributed by atoms with van der Waals surface area (Å²) in [5.41, 5.74) is 0. The van der Waals surface area contributed by atoms with Gasteiger partial charge in [0.25, 0.3) is 0 Å². The minimum absolute atomic E-state index is 0.133. The Balaban J connectivity index is 1.44. The highest BCUT2D eigenvalue weighted by Crippen LogP contribution is 2.19. The highest BCUT2D eigenvalue weighted by atomic mass is 32.1. The van der Waals surface area contributed by atoms with Gasteiger partial charge in [-0.15, -0.1) is 11.3 Å². The maximum atomic E-state index is 11.9. The van der Waals surface area contributed by atoms with Gasteiger partial charge in [0.1, 0.15) is 0 Å². The summed E-state index contributed by atoms with van der Waals surface area (Å²) in [7, 11) is 0. The molecule has 1 aromatic heterocycles. The van der Waals surface area contributed by atoms with E-state index >= 15 is 0 Å². The molecular formula is C13H19N3OS. The third kappa shape index (κ3) is 3.03. The van der Waals surface area contributed by atoms with Gasteiger partial charge in [-0.3, -0.25) is 4.90 Å². The first-order valence-electron chi connectivity index (χ1n) is 6.61. The number of amides is 2. The Morgan fingerprint density at radius 2 is 2.11 bits per heavy atom. The third-order valence-electron chi connectivity index (χ3n) is 3.52. The van der Waals surface area contributed by atoms with E-state index < -0.39 is 0 Å². The largest absolute Gasteiger partial charge is 0.335 e. The zero-order valence-electron chi connectivity index (χ0n) is 10.5. The monoisotopic (exact) mass is 265 g/mol. The van der Waals surface area contributed by atoms with E-state index in [0.29, 0.717) is 6.04 Å². The van der Waals surface area contributed by atoms with Gasteiger partial charge in [-0.1, -0.05) is 6.07 Å². The summed E-state index contributed by atoms with van der Waals surface area (Å²) in [6.45, 7) is 4.69. The molecule has 1 aliphatic carbocycles. The first-order valence-corrected chi connectivity index (χ1v) is 7.49. The Hall–Kier alpha value is -1.07. The van der Waals surface area contributed by atoms with Gasteiger partial charge < -0.3 is 10.2 Å². The van der Waals surface area contributed by atoms with Gasteiger partial charge in [0, 0.05) is 43.6 Å². The molecule has 1 aliphatic heterocycles. The zero-order valence-corrected chi connectivity index (χ0v) is 11.3. The molecule has 1 N–H and O–H groups in total. The summed E-state index contributed by atoms with van der Waals surface area (Å²) >= 11 is 1.81. The lowest BCUT2D eigenvalue weighted by Gasteiger charge is -2.34. The maximum Gasteiger partial charge on any atom is 0.317 e. The van der Waals surface area contributed by atoms with Crippen LogP contribution in [-0.4, -0.2) is 48.1 Å². The Morgan fingerprint density at radius 3 is 2.72 bits per heavy atom. The van der Waals surface area contributed by atoms with Crippen molar-refractivity contribution in [3.8, 4) is 0 Å². The molecule has 3 rings (SSSR count). The van der Waals surface area contributed by atoms with Crippen molar-refractivity contribution in [1.29, 1.82) is 0 Å². The van der Waals surface area contributed by atoms with Gasteiger partial charge in [-0.2, -0.15) is 0 Å². The van der Waals surface area contributed by atoms with E-state index in [2.05, 4.69) is 27.7 Å². The van der Waals surface area contributed by atoms with E-state index in [1.807, 2.05) is 4.90 Å². The maximum absolute atomic E-state index is 11.9. The Bertz CT molecular complexity index is 394. The number of piperazine rings is 1. The summed E-state index contributed by atoms with van der Waals surface area (Å²) in [5, 5.41) is 5.17. The van der Waals surface area contributed by atoms with Crippen LogP contribution in [0.3, 0.4) is 0 Å². The molecule has 1 saturated carbocycles. The second kappa shape index (κ2) is 5.28. The van der Waals surface area contributed by atoms with Gasteiger partial charge in [-0.25, -0.2) is 4.79 Å². The average Bonchev–Trinajstić information content (AvgIpc) is 3.04. The van der Waals surface area contributed by atoms with Gasteiger partial charge in [0.15, 0.2) is 0 Å². The molecule has 0 atom stereocenters. The van der Waals surface area contributed by atoms with Crippen molar-refractivity contribution >= 4 is 17.4 Å². The molecule has 0 radical (unpaired) electrons. The second-order valence-corrected chi connectivity index (χ2v) is 6.10. The number of rotatable bonds is 3. The van der Waals surface area contributed by atoms with Crippen LogP contribution in [0.4, 0.5) is 4.79 Å². The molecule has 0 bridgehead atoms. The smallest absolute Gasteiger partial charge is 0.317 e. The Kier molecular flexibility index (Phi) is 3.52. The van der Waals surface area contributed by atoms with Crippen molar-refractivity contribution in [2.24, 2.45) is 0 Å². The fourth-order valence-corrected chi connectivity index (χ4v) is 2.97. The van der Waals surface area contributed by atoms with E-state index in [4.69, 9.17) is 0 Å². The lowest BCUT2D eigenvalue weighted by molar-refractivity contribution is 0.135. The molecule has 2 amide bonds. The molecule has 2 heterocycles. The first-order chi connectivity index (χ1) is 8.81. The van der Waals surface area contributed by atoms with Gasteiger partial charge >= 0.3 is 6.03 Å². The van der Waals surface area contributed by atoms with Crippen LogP contribution in [0.1, 0.15) is 17.7 Å². The molecule has 1 saturated heterocycles. The van der Waals surface area contributed by atoms with Crippen molar-refractivity contribution in [2.75, 3.05) is 26.2 Å². The average molecular weight is 265 g/mol. The van der Waals surface area contributed by atoms with Crippen LogP contribution in [0.2, 0.25) is 0 Å². The summed E-state index contributed by atoms with van der Waals surface area (Å²) in [6, 6.07) is 4.87. The minimum atomic E-state index is 0.133. The molecule has 5 heteroatoms. The molecule has 1 aromatic rings. The third-order valence-corrected chi connectivity index (χ3v) is 4.39. The van der Waals surface area contributed by atoms with E-state index in [9.17, 15) is 4.79 Å². The van der Waals surface area contributed by atoms with Crippen LogP contribution in [0.25, 0.3) is 0 Å². The number of carbonyl (C=O) groups is 1. The van der Waals surface area contributed by atoms with Crippen LogP contribution in [0.5, 0.6) is 0 Å². The number of nitrogens with one attached hydrogen (secondary N) is 1. The summed E-state index contributed by atoms with van der Waals surface area (Å²) in [5.74, 6) is 0. The number of hydrogen-bond donors (Lipinski definition) is 1.